The van der Waals surface area contributed by atoms with Crippen molar-refractivity contribution >= 4 is 40.9 Å². The van der Waals surface area contributed by atoms with E-state index in [0.717, 1.165) is 0 Å². The summed E-state index contributed by atoms with van der Waals surface area (Å²) in [4.78, 5) is 47.4. The number of hydrogen-bond acceptors (Lipinski definition) is 7. The van der Waals surface area contributed by atoms with Crippen LogP contribution in [0.2, 0.25) is 0 Å². The predicted molar refractivity (Wildman–Crippen MR) is 93.4 cm³/mol. The van der Waals surface area contributed by atoms with Gasteiger partial charge in [-0.05, 0) is 25.5 Å². The van der Waals surface area contributed by atoms with Crippen molar-refractivity contribution in [3.63, 3.8) is 0 Å². The highest BCUT2D eigenvalue weighted by Gasteiger charge is 2.53. The topological polar surface area (TPSA) is 119 Å². The predicted octanol–water partition coefficient (Wildman–Crippen LogP) is 1.53. The molecule has 0 spiro atoms. The highest BCUT2D eigenvalue weighted by Crippen LogP contribution is 2.47. The van der Waals surface area contributed by atoms with Gasteiger partial charge in [-0.2, -0.15) is 0 Å². The molecule has 2 aliphatic heterocycles. The van der Waals surface area contributed by atoms with Crippen LogP contribution in [0.3, 0.4) is 0 Å². The van der Waals surface area contributed by atoms with Gasteiger partial charge in [-0.3, -0.25) is 19.7 Å². The van der Waals surface area contributed by atoms with Gasteiger partial charge in [-0.1, -0.05) is 0 Å². The number of anilines is 1. The number of carbonyl (C=O) groups is 3. The van der Waals surface area contributed by atoms with Crippen LogP contribution in [-0.2, 0) is 19.1 Å². The fourth-order valence-corrected chi connectivity index (χ4v) is 4.51. The average molecular weight is 379 g/mol. The number of benzene rings is 1. The summed E-state index contributed by atoms with van der Waals surface area (Å²) in [6.45, 7) is 1.44. The lowest BCUT2D eigenvalue weighted by Crippen LogP contribution is -2.47. The van der Waals surface area contributed by atoms with E-state index in [1.165, 1.54) is 24.3 Å². The lowest BCUT2D eigenvalue weighted by Gasteiger charge is -2.29. The number of non-ortho nitro benzene ring substituents is 1. The number of nitrogens with zero attached hydrogens (tertiary/aromatic N) is 2. The normalized spacial score (nSPS) is 24.3. The Morgan fingerprint density at radius 2 is 2.12 bits per heavy atom. The van der Waals surface area contributed by atoms with Gasteiger partial charge in [-0.25, -0.2) is 4.79 Å². The standard InChI is InChI=1S/C16H17N3O6S/c1-16-7-6-14(21)18(16)12(9-26-16)15(22)25-8-13(20)17-10-2-4-11(5-3-10)19(23)24/h2-5,12H,6-9H2,1H3,(H,17,20)/t12-,16-/m1/s1. The fraction of sp³-hybridized carbons (Fsp3) is 0.438. The van der Waals surface area contributed by atoms with E-state index in [4.69, 9.17) is 4.74 Å². The maximum Gasteiger partial charge on any atom is 0.330 e. The first-order chi connectivity index (χ1) is 12.3. The lowest BCUT2D eigenvalue weighted by atomic mass is 10.2. The van der Waals surface area contributed by atoms with Crippen LogP contribution in [0, 0.1) is 10.1 Å². The smallest absolute Gasteiger partial charge is 0.330 e. The number of esters is 1. The minimum absolute atomic E-state index is 0.0743. The second-order valence-electron chi connectivity index (χ2n) is 6.23. The molecular weight excluding hydrogens is 362 g/mol. The molecule has 0 aliphatic carbocycles. The number of ether oxygens (including phenoxy) is 1. The van der Waals surface area contributed by atoms with Crippen molar-refractivity contribution in [1.29, 1.82) is 0 Å². The average Bonchev–Trinajstić information content (AvgIpc) is 3.09. The molecule has 0 aromatic heterocycles. The molecule has 2 saturated heterocycles. The third-order valence-corrected chi connectivity index (χ3v) is 5.93. The molecule has 0 saturated carbocycles. The number of hydrogen-bond donors (Lipinski definition) is 1. The molecule has 10 heteroatoms. The summed E-state index contributed by atoms with van der Waals surface area (Å²) in [5.74, 6) is -0.788. The second kappa shape index (κ2) is 6.94. The molecule has 26 heavy (non-hydrogen) atoms. The number of nitro benzene ring substituents is 1. The van der Waals surface area contributed by atoms with E-state index in [9.17, 15) is 24.5 Å². The Kier molecular flexibility index (Phi) is 4.86. The first kappa shape index (κ1) is 18.2. The summed E-state index contributed by atoms with van der Waals surface area (Å²) in [7, 11) is 0. The third-order valence-electron chi connectivity index (χ3n) is 4.42. The molecule has 0 bridgehead atoms. The van der Waals surface area contributed by atoms with Gasteiger partial charge in [0.25, 0.3) is 11.6 Å². The summed E-state index contributed by atoms with van der Waals surface area (Å²) in [6, 6.07) is 4.63. The zero-order chi connectivity index (χ0) is 18.9. The molecule has 2 atom stereocenters. The molecule has 1 N–H and O–H groups in total. The molecule has 2 amide bonds. The maximum atomic E-state index is 12.3. The summed E-state index contributed by atoms with van der Waals surface area (Å²) in [5, 5.41) is 13.1. The number of nitro groups is 1. The van der Waals surface area contributed by atoms with Gasteiger partial charge in [0.2, 0.25) is 5.91 Å². The van der Waals surface area contributed by atoms with E-state index < -0.39 is 29.4 Å². The SMILES string of the molecule is C[C@@]12CCC(=O)N1[C@@H](C(=O)OCC(=O)Nc1ccc([N+](=O)[O-])cc1)CS2. The first-order valence-electron chi connectivity index (χ1n) is 7.97. The Balaban J connectivity index is 1.52. The van der Waals surface area contributed by atoms with Crippen LogP contribution in [0.1, 0.15) is 19.8 Å². The van der Waals surface area contributed by atoms with Crippen molar-refractivity contribution < 1.29 is 24.0 Å². The molecule has 2 heterocycles. The van der Waals surface area contributed by atoms with Crippen molar-refractivity contribution in [1.82, 2.24) is 4.90 Å². The minimum atomic E-state index is -0.674. The van der Waals surface area contributed by atoms with Crippen molar-refractivity contribution in [3.8, 4) is 0 Å². The zero-order valence-electron chi connectivity index (χ0n) is 14.0. The monoisotopic (exact) mass is 379 g/mol. The van der Waals surface area contributed by atoms with Crippen LogP contribution < -0.4 is 5.32 Å². The number of nitrogens with one attached hydrogen (secondary N) is 1. The van der Waals surface area contributed by atoms with Gasteiger partial charge < -0.3 is 15.0 Å². The highest BCUT2D eigenvalue weighted by atomic mass is 32.2. The van der Waals surface area contributed by atoms with E-state index in [1.54, 1.807) is 16.7 Å². The van der Waals surface area contributed by atoms with Crippen molar-refractivity contribution in [2.45, 2.75) is 30.7 Å². The molecular formula is C16H17N3O6S. The van der Waals surface area contributed by atoms with Gasteiger partial charge in [0.05, 0.1) is 9.79 Å². The summed E-state index contributed by atoms with van der Waals surface area (Å²) in [6.07, 6.45) is 1.11. The summed E-state index contributed by atoms with van der Waals surface area (Å²) < 4.78 is 5.06. The molecule has 0 radical (unpaired) electrons. The van der Waals surface area contributed by atoms with Gasteiger partial charge in [0.15, 0.2) is 6.61 Å². The van der Waals surface area contributed by atoms with Crippen molar-refractivity contribution in [2.75, 3.05) is 17.7 Å². The van der Waals surface area contributed by atoms with Crippen LogP contribution in [0.25, 0.3) is 0 Å². The number of rotatable bonds is 5. The second-order valence-corrected chi connectivity index (χ2v) is 7.73. The molecule has 9 nitrogen and oxygen atoms in total. The largest absolute Gasteiger partial charge is 0.454 e. The highest BCUT2D eigenvalue weighted by molar-refractivity contribution is 8.01. The fourth-order valence-electron chi connectivity index (χ4n) is 3.09. The quantitative estimate of drug-likeness (QED) is 0.468. The Morgan fingerprint density at radius 3 is 2.77 bits per heavy atom. The lowest BCUT2D eigenvalue weighted by molar-refractivity contribution is -0.384. The molecule has 2 fully saturated rings. The Bertz CT molecular complexity index is 768. The van der Waals surface area contributed by atoms with Crippen LogP contribution in [0.15, 0.2) is 24.3 Å². The van der Waals surface area contributed by atoms with Crippen LogP contribution >= 0.6 is 11.8 Å². The molecule has 1 aromatic rings. The zero-order valence-corrected chi connectivity index (χ0v) is 14.8. The Hall–Kier alpha value is -2.62. The first-order valence-corrected chi connectivity index (χ1v) is 8.96. The Labute approximate surface area is 153 Å². The van der Waals surface area contributed by atoms with E-state index in [2.05, 4.69) is 5.32 Å². The molecule has 0 unspecified atom stereocenters. The maximum absolute atomic E-state index is 12.3. The number of carbonyl (C=O) groups excluding carboxylic acids is 3. The minimum Gasteiger partial charge on any atom is -0.454 e. The van der Waals surface area contributed by atoms with Crippen molar-refractivity contribution in [3.05, 3.63) is 34.4 Å². The molecule has 1 aromatic carbocycles. The van der Waals surface area contributed by atoms with E-state index in [-0.39, 0.29) is 16.5 Å². The summed E-state index contributed by atoms with van der Waals surface area (Å²) in [5.41, 5.74) is 0.266. The van der Waals surface area contributed by atoms with Crippen molar-refractivity contribution in [2.24, 2.45) is 0 Å². The molecule has 138 valence electrons. The molecule has 2 aliphatic rings. The van der Waals surface area contributed by atoms with Gasteiger partial charge in [0, 0.05) is 30.0 Å². The summed E-state index contributed by atoms with van der Waals surface area (Å²) >= 11 is 1.54. The third kappa shape index (κ3) is 3.50. The van der Waals surface area contributed by atoms with Crippen LogP contribution in [-0.4, -0.2) is 50.9 Å². The Morgan fingerprint density at radius 1 is 1.42 bits per heavy atom. The number of fused-ring (bicyclic) bond motifs is 1. The van der Waals surface area contributed by atoms with E-state index >= 15 is 0 Å². The number of amides is 2. The molecule has 3 rings (SSSR count). The van der Waals surface area contributed by atoms with Gasteiger partial charge in [-0.15, -0.1) is 11.8 Å². The van der Waals surface area contributed by atoms with Gasteiger partial charge >= 0.3 is 5.97 Å². The van der Waals surface area contributed by atoms with Gasteiger partial charge in [0.1, 0.15) is 6.04 Å². The van der Waals surface area contributed by atoms with E-state index in [1.807, 2.05) is 6.92 Å². The van der Waals surface area contributed by atoms with Crippen LogP contribution in [0.4, 0.5) is 11.4 Å². The number of thioether (sulfide) groups is 1. The van der Waals surface area contributed by atoms with E-state index in [0.29, 0.717) is 24.3 Å². The van der Waals surface area contributed by atoms with Crippen LogP contribution in [0.5, 0.6) is 0 Å².